The zero-order chi connectivity index (χ0) is 14.8. The molecule has 0 atom stereocenters. The molecule has 0 aliphatic heterocycles. The lowest BCUT2D eigenvalue weighted by atomic mass is 10.1. The van der Waals surface area contributed by atoms with Crippen LogP contribution in [0.5, 0.6) is 0 Å². The number of benzene rings is 1. The molecule has 106 valence electrons. The average Bonchev–Trinajstić information content (AvgIpc) is 2.21. The van der Waals surface area contributed by atoms with Gasteiger partial charge in [0.1, 0.15) is 0 Å². The van der Waals surface area contributed by atoms with E-state index in [4.69, 9.17) is 5.14 Å². The van der Waals surface area contributed by atoms with Crippen molar-refractivity contribution in [1.82, 2.24) is 0 Å². The largest absolute Gasteiger partial charge is 0.326 e. The molecule has 0 aromatic heterocycles. The minimum Gasteiger partial charge on any atom is -0.326 e. The summed E-state index contributed by atoms with van der Waals surface area (Å²) in [4.78, 5) is 11.8. The minimum absolute atomic E-state index is 0.00967. The number of carbonyl (C=O) groups excluding carboxylic acids is 1. The van der Waals surface area contributed by atoms with Crippen molar-refractivity contribution in [1.29, 1.82) is 0 Å². The van der Waals surface area contributed by atoms with Gasteiger partial charge in [0.2, 0.25) is 15.9 Å². The van der Waals surface area contributed by atoms with Gasteiger partial charge in [-0.1, -0.05) is 13.8 Å². The number of primary sulfonamides is 1. The maximum Gasteiger partial charge on any atom is 0.238 e. The number of nitrogens with two attached hydrogens (primary N) is 1. The van der Waals surface area contributed by atoms with E-state index in [1.165, 1.54) is 12.1 Å². The Labute approximate surface area is 114 Å². The molecule has 0 spiro atoms. The normalized spacial score (nSPS) is 11.7. The van der Waals surface area contributed by atoms with Gasteiger partial charge in [0.25, 0.3) is 0 Å². The Morgan fingerprint density at radius 3 is 2.37 bits per heavy atom. The van der Waals surface area contributed by atoms with Crippen LogP contribution in [0.25, 0.3) is 0 Å². The fourth-order valence-electron chi connectivity index (χ4n) is 1.69. The summed E-state index contributed by atoms with van der Waals surface area (Å²) >= 11 is 0. The first kappa shape index (κ1) is 15.7. The van der Waals surface area contributed by atoms with Crippen molar-refractivity contribution in [2.24, 2.45) is 11.1 Å². The van der Waals surface area contributed by atoms with Crippen molar-refractivity contribution in [2.45, 2.75) is 39.0 Å². The van der Waals surface area contributed by atoms with Gasteiger partial charge >= 0.3 is 0 Å². The minimum atomic E-state index is -3.77. The highest BCUT2D eigenvalue weighted by Crippen LogP contribution is 2.23. The average molecular weight is 284 g/mol. The van der Waals surface area contributed by atoms with E-state index >= 15 is 0 Å². The topological polar surface area (TPSA) is 89.3 Å². The lowest BCUT2D eigenvalue weighted by Gasteiger charge is -2.13. The summed E-state index contributed by atoms with van der Waals surface area (Å²) in [5, 5.41) is 7.85. The molecule has 0 aliphatic rings. The van der Waals surface area contributed by atoms with Crippen LogP contribution in [0.2, 0.25) is 0 Å². The summed E-state index contributed by atoms with van der Waals surface area (Å²) in [5.74, 6) is 0.104. The molecular formula is C13H20N2O3S. The van der Waals surface area contributed by atoms with Crippen LogP contribution in [-0.4, -0.2) is 14.3 Å². The molecule has 3 N–H and O–H groups in total. The number of hydrogen-bond donors (Lipinski definition) is 2. The fraction of sp³-hybridized carbons (Fsp3) is 0.462. The molecule has 1 aromatic carbocycles. The fourth-order valence-corrected chi connectivity index (χ4v) is 2.32. The number of hydrogen-bond acceptors (Lipinski definition) is 3. The van der Waals surface area contributed by atoms with Gasteiger partial charge in [-0.25, -0.2) is 13.6 Å². The number of rotatable bonds is 4. The molecule has 6 heteroatoms. The number of nitrogens with one attached hydrogen (secondary N) is 1. The molecule has 1 aromatic rings. The van der Waals surface area contributed by atoms with E-state index in [9.17, 15) is 13.2 Å². The first-order valence-corrected chi connectivity index (χ1v) is 7.59. The maximum absolute atomic E-state index is 11.8. The summed E-state index contributed by atoms with van der Waals surface area (Å²) in [6, 6.07) is 2.90. The predicted octanol–water partition coefficient (Wildman–Crippen LogP) is 1.94. The van der Waals surface area contributed by atoms with E-state index in [0.29, 0.717) is 12.1 Å². The Bertz CT molecular complexity index is 592. The zero-order valence-electron chi connectivity index (χ0n) is 11.6. The second-order valence-electron chi connectivity index (χ2n) is 5.10. The lowest BCUT2D eigenvalue weighted by Crippen LogP contribution is -2.17. The van der Waals surface area contributed by atoms with E-state index in [2.05, 4.69) is 5.32 Å². The molecule has 0 radical (unpaired) electrons. The van der Waals surface area contributed by atoms with Crippen LogP contribution < -0.4 is 10.5 Å². The molecule has 0 bridgehead atoms. The quantitative estimate of drug-likeness (QED) is 0.885. The van der Waals surface area contributed by atoms with Crippen molar-refractivity contribution in [3.8, 4) is 0 Å². The molecule has 1 rings (SSSR count). The van der Waals surface area contributed by atoms with E-state index in [1.54, 1.807) is 6.92 Å². The molecule has 19 heavy (non-hydrogen) atoms. The molecule has 1 amide bonds. The van der Waals surface area contributed by atoms with E-state index in [0.717, 1.165) is 11.1 Å². The summed E-state index contributed by atoms with van der Waals surface area (Å²) < 4.78 is 22.8. The Kier molecular flexibility index (Phi) is 4.70. The maximum atomic E-state index is 11.8. The van der Waals surface area contributed by atoms with E-state index in [-0.39, 0.29) is 16.7 Å². The van der Waals surface area contributed by atoms with Gasteiger partial charge in [-0.2, -0.15) is 0 Å². The summed E-state index contributed by atoms with van der Waals surface area (Å²) in [5.41, 5.74) is 2.10. The van der Waals surface area contributed by atoms with E-state index < -0.39 is 10.0 Å². The molecule has 0 unspecified atom stereocenters. The lowest BCUT2D eigenvalue weighted by molar-refractivity contribution is -0.116. The van der Waals surface area contributed by atoms with Crippen molar-refractivity contribution >= 4 is 21.6 Å². The smallest absolute Gasteiger partial charge is 0.238 e. The van der Waals surface area contributed by atoms with Crippen molar-refractivity contribution < 1.29 is 13.2 Å². The van der Waals surface area contributed by atoms with Crippen LogP contribution in [0.15, 0.2) is 17.0 Å². The number of carbonyl (C=O) groups is 1. The SMILES string of the molecule is Cc1cc(S(N)(=O)=O)cc(NC(=O)CC(C)C)c1C. The van der Waals surface area contributed by atoms with Crippen LogP contribution in [0.3, 0.4) is 0 Å². The van der Waals surface area contributed by atoms with Gasteiger partial charge < -0.3 is 5.32 Å². The Balaban J connectivity index is 3.14. The summed E-state index contributed by atoms with van der Waals surface area (Å²) in [6.45, 7) is 7.49. The zero-order valence-corrected chi connectivity index (χ0v) is 12.5. The summed E-state index contributed by atoms with van der Waals surface area (Å²) in [7, 11) is -3.77. The molecule has 0 fully saturated rings. The third kappa shape index (κ3) is 4.33. The Hall–Kier alpha value is -1.40. The molecule has 0 aliphatic carbocycles. The predicted molar refractivity (Wildman–Crippen MR) is 75.4 cm³/mol. The van der Waals surface area contributed by atoms with E-state index in [1.807, 2.05) is 20.8 Å². The Morgan fingerprint density at radius 1 is 1.32 bits per heavy atom. The van der Waals surface area contributed by atoms with Crippen LogP contribution in [0.4, 0.5) is 5.69 Å². The highest BCUT2D eigenvalue weighted by atomic mass is 32.2. The second kappa shape index (κ2) is 5.71. The van der Waals surface area contributed by atoms with Crippen LogP contribution in [-0.2, 0) is 14.8 Å². The van der Waals surface area contributed by atoms with Gasteiger partial charge in [0.05, 0.1) is 4.90 Å². The number of anilines is 1. The summed E-state index contributed by atoms with van der Waals surface area (Å²) in [6.07, 6.45) is 0.387. The first-order chi connectivity index (χ1) is 8.61. The van der Waals surface area contributed by atoms with Crippen molar-refractivity contribution in [2.75, 3.05) is 5.32 Å². The van der Waals surface area contributed by atoms with Gasteiger partial charge in [-0.05, 0) is 43.0 Å². The highest BCUT2D eigenvalue weighted by molar-refractivity contribution is 7.89. The van der Waals surface area contributed by atoms with Gasteiger partial charge in [0, 0.05) is 12.1 Å². The third-order valence-corrected chi connectivity index (χ3v) is 3.73. The van der Waals surface area contributed by atoms with Crippen LogP contribution in [0.1, 0.15) is 31.4 Å². The van der Waals surface area contributed by atoms with Gasteiger partial charge in [-0.15, -0.1) is 0 Å². The van der Waals surface area contributed by atoms with Gasteiger partial charge in [0.15, 0.2) is 0 Å². The molecule has 0 saturated heterocycles. The number of aryl methyl sites for hydroxylation is 1. The monoisotopic (exact) mass is 284 g/mol. The first-order valence-electron chi connectivity index (χ1n) is 6.05. The highest BCUT2D eigenvalue weighted by Gasteiger charge is 2.14. The van der Waals surface area contributed by atoms with Crippen LogP contribution >= 0.6 is 0 Å². The molecule has 5 nitrogen and oxygen atoms in total. The van der Waals surface area contributed by atoms with Crippen LogP contribution in [0, 0.1) is 19.8 Å². The number of amides is 1. The molecule has 0 heterocycles. The van der Waals surface area contributed by atoms with Gasteiger partial charge in [-0.3, -0.25) is 4.79 Å². The second-order valence-corrected chi connectivity index (χ2v) is 6.67. The van der Waals surface area contributed by atoms with Crippen molar-refractivity contribution in [3.05, 3.63) is 23.3 Å². The number of sulfonamides is 1. The molecule has 0 saturated carbocycles. The third-order valence-electron chi connectivity index (χ3n) is 2.84. The molecular weight excluding hydrogens is 264 g/mol. The Morgan fingerprint density at radius 2 is 1.89 bits per heavy atom. The van der Waals surface area contributed by atoms with Crippen molar-refractivity contribution in [3.63, 3.8) is 0 Å². The standard InChI is InChI=1S/C13H20N2O3S/c1-8(2)5-13(16)15-12-7-11(19(14,17)18)6-9(3)10(12)4/h6-8H,5H2,1-4H3,(H,15,16)(H2,14,17,18).